The largest absolute Gasteiger partial charge is 0.356 e. The minimum atomic E-state index is 0.200. The molecule has 25 heavy (non-hydrogen) atoms. The summed E-state index contributed by atoms with van der Waals surface area (Å²) in [5.74, 6) is 0.841. The van der Waals surface area contributed by atoms with Gasteiger partial charge in [0.25, 0.3) is 0 Å². The Balaban J connectivity index is 1.34. The summed E-state index contributed by atoms with van der Waals surface area (Å²) in [6, 6.07) is 2.39. The third-order valence-electron chi connectivity index (χ3n) is 5.09. The average molecular weight is 342 g/mol. The summed E-state index contributed by atoms with van der Waals surface area (Å²) >= 11 is 0. The second-order valence-electron chi connectivity index (χ2n) is 7.40. The van der Waals surface area contributed by atoms with E-state index in [0.29, 0.717) is 18.4 Å². The number of aryl methyl sites for hydroxylation is 1. The number of fused-ring (bicyclic) bond motifs is 1. The van der Waals surface area contributed by atoms with Gasteiger partial charge in [-0.3, -0.25) is 19.1 Å². The zero-order valence-electron chi connectivity index (χ0n) is 14.8. The highest BCUT2D eigenvalue weighted by Gasteiger charge is 2.27. The average Bonchev–Trinajstić information content (AvgIpc) is 3.09. The van der Waals surface area contributed by atoms with Crippen molar-refractivity contribution in [1.82, 2.24) is 29.8 Å². The van der Waals surface area contributed by atoms with E-state index >= 15 is 0 Å². The predicted octanol–water partition coefficient (Wildman–Crippen LogP) is 1.48. The summed E-state index contributed by atoms with van der Waals surface area (Å²) in [6.45, 7) is 3.46. The van der Waals surface area contributed by atoms with Crippen LogP contribution < -0.4 is 5.32 Å². The van der Waals surface area contributed by atoms with Crippen molar-refractivity contribution in [3.05, 3.63) is 35.9 Å². The molecule has 1 amide bonds. The van der Waals surface area contributed by atoms with Crippen LogP contribution in [0, 0.1) is 5.92 Å². The Kier molecular flexibility index (Phi) is 4.57. The first kappa shape index (κ1) is 16.3. The van der Waals surface area contributed by atoms with Crippen molar-refractivity contribution in [3.63, 3.8) is 0 Å². The Morgan fingerprint density at radius 2 is 2.24 bits per heavy atom. The molecule has 0 bridgehead atoms. The summed E-state index contributed by atoms with van der Waals surface area (Å²) in [5, 5.41) is 11.8. The lowest BCUT2D eigenvalue weighted by molar-refractivity contribution is -0.121. The van der Waals surface area contributed by atoms with Crippen LogP contribution >= 0.6 is 0 Å². The highest BCUT2D eigenvalue weighted by molar-refractivity contribution is 5.76. The van der Waals surface area contributed by atoms with Crippen LogP contribution in [0.25, 0.3) is 0 Å². The van der Waals surface area contributed by atoms with Crippen molar-refractivity contribution in [1.29, 1.82) is 0 Å². The standard InChI is InChI=1S/C18H26N6O/c1-22-10-15(9-21-22)11-23-12-16(24-17(13-23)5-7-20-24)4-6-19-18(25)8-14-2-3-14/h5,7,9-10,14,16H,2-4,6,8,11-13H2,1H3,(H,19,25)/t16-/m0/s1. The summed E-state index contributed by atoms with van der Waals surface area (Å²) < 4.78 is 3.98. The van der Waals surface area contributed by atoms with Crippen molar-refractivity contribution >= 4 is 5.91 Å². The van der Waals surface area contributed by atoms with E-state index in [-0.39, 0.29) is 5.91 Å². The minimum absolute atomic E-state index is 0.200. The first-order valence-corrected chi connectivity index (χ1v) is 9.16. The minimum Gasteiger partial charge on any atom is -0.356 e. The molecule has 1 atom stereocenters. The van der Waals surface area contributed by atoms with Gasteiger partial charge in [0.2, 0.25) is 5.91 Å². The van der Waals surface area contributed by atoms with Gasteiger partial charge in [-0.15, -0.1) is 0 Å². The van der Waals surface area contributed by atoms with E-state index in [4.69, 9.17) is 0 Å². The number of nitrogens with one attached hydrogen (secondary N) is 1. The van der Waals surface area contributed by atoms with E-state index in [1.54, 1.807) is 0 Å². The molecule has 0 saturated heterocycles. The number of hydrogen-bond acceptors (Lipinski definition) is 4. The maximum atomic E-state index is 11.9. The van der Waals surface area contributed by atoms with Crippen LogP contribution in [0.2, 0.25) is 0 Å². The van der Waals surface area contributed by atoms with Gasteiger partial charge in [0.1, 0.15) is 0 Å². The molecule has 134 valence electrons. The van der Waals surface area contributed by atoms with Crippen LogP contribution in [0.15, 0.2) is 24.7 Å². The van der Waals surface area contributed by atoms with Gasteiger partial charge in [0, 0.05) is 57.6 Å². The van der Waals surface area contributed by atoms with Crippen LogP contribution in [-0.4, -0.2) is 43.5 Å². The van der Waals surface area contributed by atoms with Gasteiger partial charge in [-0.25, -0.2) is 0 Å². The van der Waals surface area contributed by atoms with Crippen LogP contribution in [0.5, 0.6) is 0 Å². The molecule has 0 aromatic carbocycles. The molecular weight excluding hydrogens is 316 g/mol. The molecule has 7 nitrogen and oxygen atoms in total. The third-order valence-corrected chi connectivity index (χ3v) is 5.09. The van der Waals surface area contributed by atoms with E-state index in [1.807, 2.05) is 24.1 Å². The highest BCUT2D eigenvalue weighted by Crippen LogP contribution is 2.32. The molecule has 1 saturated carbocycles. The first-order chi connectivity index (χ1) is 12.2. The van der Waals surface area contributed by atoms with E-state index in [2.05, 4.69) is 37.4 Å². The number of aromatic nitrogens is 4. The highest BCUT2D eigenvalue weighted by atomic mass is 16.1. The molecule has 0 unspecified atom stereocenters. The predicted molar refractivity (Wildman–Crippen MR) is 93.6 cm³/mol. The lowest BCUT2D eigenvalue weighted by atomic mass is 10.1. The Labute approximate surface area is 148 Å². The van der Waals surface area contributed by atoms with Crippen molar-refractivity contribution in [2.45, 2.75) is 44.8 Å². The fourth-order valence-corrected chi connectivity index (χ4v) is 3.64. The zero-order chi connectivity index (χ0) is 17.2. The molecule has 1 aliphatic carbocycles. The third kappa shape index (κ3) is 4.10. The van der Waals surface area contributed by atoms with E-state index in [1.165, 1.54) is 24.1 Å². The summed E-state index contributed by atoms with van der Waals surface area (Å²) in [5.41, 5.74) is 2.47. The molecule has 4 rings (SSSR count). The summed E-state index contributed by atoms with van der Waals surface area (Å²) in [7, 11) is 1.95. The Hall–Kier alpha value is -2.15. The number of amides is 1. The lowest BCUT2D eigenvalue weighted by Gasteiger charge is -2.33. The molecule has 0 radical (unpaired) electrons. The van der Waals surface area contributed by atoms with Crippen LogP contribution in [0.1, 0.15) is 43.0 Å². The molecular formula is C18H26N6O. The molecule has 7 heteroatoms. The fraction of sp³-hybridized carbons (Fsp3) is 0.611. The SMILES string of the molecule is Cn1cc(CN2Cc3ccnn3[C@@H](CCNC(=O)CC3CC3)C2)cn1. The van der Waals surface area contributed by atoms with Gasteiger partial charge in [-0.05, 0) is 31.2 Å². The smallest absolute Gasteiger partial charge is 0.220 e. The Bertz CT molecular complexity index is 732. The second-order valence-corrected chi connectivity index (χ2v) is 7.40. The summed E-state index contributed by atoms with van der Waals surface area (Å²) in [4.78, 5) is 14.3. The molecule has 0 spiro atoms. The van der Waals surface area contributed by atoms with Crippen LogP contribution in [0.3, 0.4) is 0 Å². The topological polar surface area (TPSA) is 68.0 Å². The number of carbonyl (C=O) groups is 1. The van der Waals surface area contributed by atoms with Gasteiger partial charge >= 0.3 is 0 Å². The Morgan fingerprint density at radius 3 is 3.00 bits per heavy atom. The number of nitrogens with zero attached hydrogens (tertiary/aromatic N) is 5. The van der Waals surface area contributed by atoms with Gasteiger partial charge in [-0.2, -0.15) is 10.2 Å². The lowest BCUT2D eigenvalue weighted by Crippen LogP contribution is -2.38. The molecule has 2 aliphatic rings. The van der Waals surface area contributed by atoms with E-state index < -0.39 is 0 Å². The fourth-order valence-electron chi connectivity index (χ4n) is 3.64. The number of carbonyl (C=O) groups excluding carboxylic acids is 1. The zero-order valence-corrected chi connectivity index (χ0v) is 14.8. The maximum Gasteiger partial charge on any atom is 0.220 e. The van der Waals surface area contributed by atoms with Gasteiger partial charge in [-0.1, -0.05) is 0 Å². The van der Waals surface area contributed by atoms with Crippen LogP contribution in [0.4, 0.5) is 0 Å². The monoisotopic (exact) mass is 342 g/mol. The van der Waals surface area contributed by atoms with Crippen molar-refractivity contribution in [3.8, 4) is 0 Å². The van der Waals surface area contributed by atoms with Crippen LogP contribution in [-0.2, 0) is 24.9 Å². The van der Waals surface area contributed by atoms with Crippen molar-refractivity contribution < 1.29 is 4.79 Å². The maximum absolute atomic E-state index is 11.9. The van der Waals surface area contributed by atoms with Crippen molar-refractivity contribution in [2.75, 3.05) is 13.1 Å². The first-order valence-electron chi connectivity index (χ1n) is 9.16. The van der Waals surface area contributed by atoms with E-state index in [9.17, 15) is 4.79 Å². The molecule has 1 fully saturated rings. The quantitative estimate of drug-likeness (QED) is 0.828. The van der Waals surface area contributed by atoms with Gasteiger partial charge in [0.05, 0.1) is 17.9 Å². The van der Waals surface area contributed by atoms with Gasteiger partial charge in [0.15, 0.2) is 0 Å². The molecule has 2 aromatic heterocycles. The number of rotatable bonds is 7. The molecule has 1 N–H and O–H groups in total. The van der Waals surface area contributed by atoms with Crippen molar-refractivity contribution in [2.24, 2.45) is 13.0 Å². The molecule has 3 heterocycles. The molecule has 2 aromatic rings. The van der Waals surface area contributed by atoms with Gasteiger partial charge < -0.3 is 5.32 Å². The number of hydrogen-bond donors (Lipinski definition) is 1. The second kappa shape index (κ2) is 7.00. The summed E-state index contributed by atoms with van der Waals surface area (Å²) in [6.07, 6.45) is 9.92. The molecule has 1 aliphatic heterocycles. The van der Waals surface area contributed by atoms with E-state index in [0.717, 1.165) is 32.6 Å². The normalized spacial score (nSPS) is 20.4. The Morgan fingerprint density at radius 1 is 1.36 bits per heavy atom.